The van der Waals surface area contributed by atoms with E-state index < -0.39 is 36.3 Å². The highest BCUT2D eigenvalue weighted by atomic mass is 19.4. The van der Waals surface area contributed by atoms with E-state index in [1.807, 2.05) is 0 Å². The monoisotopic (exact) mass is 279 g/mol. The Morgan fingerprint density at radius 3 is 2.37 bits per heavy atom. The fraction of sp³-hybridized carbons (Fsp3) is 0.417. The highest BCUT2D eigenvalue weighted by Crippen LogP contribution is 2.42. The van der Waals surface area contributed by atoms with Crippen molar-refractivity contribution < 1.29 is 27.5 Å². The number of carbonyl (C=O) groups is 1. The molecule has 7 heteroatoms. The molecule has 19 heavy (non-hydrogen) atoms. The van der Waals surface area contributed by atoms with Crippen molar-refractivity contribution in [3.63, 3.8) is 0 Å². The fourth-order valence-corrected chi connectivity index (χ4v) is 1.98. The van der Waals surface area contributed by atoms with Gasteiger partial charge in [-0.05, 0) is 6.07 Å². The van der Waals surface area contributed by atoms with Crippen LogP contribution in [0.25, 0.3) is 0 Å². The predicted molar refractivity (Wildman–Crippen MR) is 59.6 cm³/mol. The first-order valence-electron chi connectivity index (χ1n) is 5.45. The highest BCUT2D eigenvalue weighted by Gasteiger charge is 2.51. The molecule has 0 saturated carbocycles. The summed E-state index contributed by atoms with van der Waals surface area (Å²) in [4.78, 5) is 11.1. The van der Waals surface area contributed by atoms with E-state index in [0.717, 1.165) is 13.2 Å². The minimum atomic E-state index is -4.52. The first-order valence-corrected chi connectivity index (χ1v) is 5.45. The molecule has 1 aromatic carbocycles. The number of hydrogen-bond acceptors (Lipinski definition) is 2. The van der Waals surface area contributed by atoms with E-state index in [4.69, 9.17) is 5.11 Å². The Hall–Kier alpha value is -1.63. The molecule has 0 spiro atoms. The number of alkyl halides is 3. The van der Waals surface area contributed by atoms with E-state index in [1.165, 1.54) is 18.2 Å². The molecule has 1 aliphatic rings. The number of carbonyl (C=O) groups excluding carboxylic acids is 1. The van der Waals surface area contributed by atoms with Crippen molar-refractivity contribution in [3.05, 3.63) is 35.6 Å². The number of hydrogen-bond donors (Lipinski definition) is 2. The zero-order valence-corrected chi connectivity index (χ0v) is 10.0. The summed E-state index contributed by atoms with van der Waals surface area (Å²) in [6.45, 7) is 0. The third-order valence-corrected chi connectivity index (χ3v) is 2.78. The van der Waals surface area contributed by atoms with Gasteiger partial charge in [0.05, 0.1) is 12.0 Å². The van der Waals surface area contributed by atoms with Gasteiger partial charge in [0.2, 0.25) is 5.91 Å². The Morgan fingerprint density at radius 1 is 1.26 bits per heavy atom. The summed E-state index contributed by atoms with van der Waals surface area (Å²) in [6, 6.07) is 3.83. The van der Waals surface area contributed by atoms with Crippen LogP contribution in [0.1, 0.15) is 18.0 Å². The van der Waals surface area contributed by atoms with E-state index in [9.17, 15) is 22.4 Å². The van der Waals surface area contributed by atoms with E-state index >= 15 is 0 Å². The topological polar surface area (TPSA) is 49.3 Å². The SMILES string of the molecule is CO.O=C1CC(C(F)(F)F)C(c2ccccc2F)N1. The smallest absolute Gasteiger partial charge is 0.394 e. The molecule has 3 nitrogen and oxygen atoms in total. The zero-order chi connectivity index (χ0) is 14.6. The van der Waals surface area contributed by atoms with Gasteiger partial charge in [-0.3, -0.25) is 4.79 Å². The Bertz CT molecular complexity index is 448. The minimum absolute atomic E-state index is 0.124. The van der Waals surface area contributed by atoms with Crippen LogP contribution in [0.2, 0.25) is 0 Å². The Morgan fingerprint density at radius 2 is 1.84 bits per heavy atom. The minimum Gasteiger partial charge on any atom is -0.400 e. The van der Waals surface area contributed by atoms with Gasteiger partial charge in [0.25, 0.3) is 0 Å². The second kappa shape index (κ2) is 6.01. The van der Waals surface area contributed by atoms with Gasteiger partial charge in [-0.15, -0.1) is 0 Å². The lowest BCUT2D eigenvalue weighted by atomic mass is 9.93. The van der Waals surface area contributed by atoms with Crippen LogP contribution in [0.15, 0.2) is 24.3 Å². The van der Waals surface area contributed by atoms with Crippen LogP contribution in [0.5, 0.6) is 0 Å². The molecule has 1 fully saturated rings. The van der Waals surface area contributed by atoms with Gasteiger partial charge in [-0.2, -0.15) is 13.2 Å². The molecule has 1 amide bonds. The number of rotatable bonds is 1. The first-order chi connectivity index (χ1) is 8.89. The summed E-state index contributed by atoms with van der Waals surface area (Å²) in [7, 11) is 1.00. The van der Waals surface area contributed by atoms with Crippen molar-refractivity contribution in [3.8, 4) is 0 Å². The van der Waals surface area contributed by atoms with E-state index in [-0.39, 0.29) is 5.56 Å². The number of halogens is 4. The van der Waals surface area contributed by atoms with Gasteiger partial charge < -0.3 is 10.4 Å². The molecule has 106 valence electrons. The summed E-state index contributed by atoms with van der Waals surface area (Å²) in [6.07, 6.45) is -5.17. The summed E-state index contributed by atoms with van der Waals surface area (Å²) >= 11 is 0. The molecule has 2 unspecified atom stereocenters. The molecule has 0 radical (unpaired) electrons. The van der Waals surface area contributed by atoms with Crippen LogP contribution in [0, 0.1) is 11.7 Å². The maximum atomic E-state index is 13.4. The Kier molecular flexibility index (Phi) is 4.88. The molecule has 2 rings (SSSR count). The Labute approximate surface area is 107 Å². The average Bonchev–Trinajstić information content (AvgIpc) is 2.74. The number of amides is 1. The summed E-state index contributed by atoms with van der Waals surface area (Å²) in [5.41, 5.74) is -0.124. The largest absolute Gasteiger partial charge is 0.400 e. The molecule has 1 heterocycles. The van der Waals surface area contributed by atoms with Crippen LogP contribution < -0.4 is 5.32 Å². The quantitative estimate of drug-likeness (QED) is 0.774. The third-order valence-electron chi connectivity index (χ3n) is 2.78. The number of aliphatic hydroxyl groups is 1. The van der Waals surface area contributed by atoms with Crippen LogP contribution in [-0.2, 0) is 4.79 Å². The second-order valence-corrected chi connectivity index (χ2v) is 3.92. The molecule has 2 N–H and O–H groups in total. The molecule has 0 aromatic heterocycles. The lowest BCUT2D eigenvalue weighted by molar-refractivity contribution is -0.177. The first kappa shape index (κ1) is 15.4. The van der Waals surface area contributed by atoms with Crippen molar-refractivity contribution in [2.75, 3.05) is 7.11 Å². The summed E-state index contributed by atoms with van der Waals surface area (Å²) in [5, 5.41) is 9.17. The molecular weight excluding hydrogens is 266 g/mol. The maximum Gasteiger partial charge on any atom is 0.394 e. The van der Waals surface area contributed by atoms with Crippen LogP contribution in [-0.4, -0.2) is 24.3 Å². The molecule has 1 saturated heterocycles. The average molecular weight is 279 g/mol. The highest BCUT2D eigenvalue weighted by molar-refractivity contribution is 5.79. The van der Waals surface area contributed by atoms with Crippen molar-refractivity contribution in [1.29, 1.82) is 0 Å². The van der Waals surface area contributed by atoms with Crippen molar-refractivity contribution in [2.45, 2.75) is 18.6 Å². The van der Waals surface area contributed by atoms with Crippen molar-refractivity contribution in [1.82, 2.24) is 5.32 Å². The lowest BCUT2D eigenvalue weighted by Crippen LogP contribution is -2.29. The van der Waals surface area contributed by atoms with Crippen LogP contribution >= 0.6 is 0 Å². The standard InChI is InChI=1S/C11H9F4NO.CH4O/c12-8-4-2-1-3-6(8)10-7(11(13,14)15)5-9(17)16-10;1-2/h1-4,7,10H,5H2,(H,16,17);2H,1H3. The van der Waals surface area contributed by atoms with Gasteiger partial charge >= 0.3 is 6.18 Å². The number of nitrogens with one attached hydrogen (secondary N) is 1. The summed E-state index contributed by atoms with van der Waals surface area (Å²) < 4.78 is 51.5. The normalized spacial score (nSPS) is 22.5. The molecule has 1 aromatic rings. The van der Waals surface area contributed by atoms with Gasteiger partial charge in [0, 0.05) is 19.1 Å². The van der Waals surface area contributed by atoms with Crippen LogP contribution in [0.3, 0.4) is 0 Å². The van der Waals surface area contributed by atoms with Gasteiger partial charge in [0.1, 0.15) is 5.82 Å². The fourth-order valence-electron chi connectivity index (χ4n) is 1.98. The molecule has 0 bridgehead atoms. The van der Waals surface area contributed by atoms with E-state index in [2.05, 4.69) is 5.32 Å². The van der Waals surface area contributed by atoms with E-state index in [0.29, 0.717) is 0 Å². The molecule has 2 atom stereocenters. The molecular formula is C12H13F4NO2. The maximum absolute atomic E-state index is 13.4. The van der Waals surface area contributed by atoms with Gasteiger partial charge in [0.15, 0.2) is 0 Å². The number of benzene rings is 1. The van der Waals surface area contributed by atoms with E-state index in [1.54, 1.807) is 0 Å². The third kappa shape index (κ3) is 3.44. The molecule has 0 aliphatic carbocycles. The number of aliphatic hydroxyl groups excluding tert-OH is 1. The summed E-state index contributed by atoms with van der Waals surface area (Å²) in [5.74, 6) is -3.32. The van der Waals surface area contributed by atoms with Crippen molar-refractivity contribution >= 4 is 5.91 Å². The van der Waals surface area contributed by atoms with Gasteiger partial charge in [-0.1, -0.05) is 18.2 Å². The predicted octanol–water partition coefficient (Wildman–Crippen LogP) is 2.17. The van der Waals surface area contributed by atoms with Crippen LogP contribution in [0.4, 0.5) is 17.6 Å². The lowest BCUT2D eigenvalue weighted by Gasteiger charge is -2.21. The zero-order valence-electron chi connectivity index (χ0n) is 10.0. The van der Waals surface area contributed by atoms with Crippen molar-refractivity contribution in [2.24, 2.45) is 5.92 Å². The van der Waals surface area contributed by atoms with Gasteiger partial charge in [-0.25, -0.2) is 4.39 Å². The Balaban J connectivity index is 0.000000861. The second-order valence-electron chi connectivity index (χ2n) is 3.92. The molecule has 1 aliphatic heterocycles.